The molecule has 0 radical (unpaired) electrons. The number of halogens is 1. The van der Waals surface area contributed by atoms with Crippen molar-refractivity contribution < 1.29 is 0 Å². The van der Waals surface area contributed by atoms with Gasteiger partial charge in [0.2, 0.25) is 0 Å². The quantitative estimate of drug-likeness (QED) is 0.232. The molecule has 0 aromatic heterocycles. The van der Waals surface area contributed by atoms with Crippen LogP contribution < -0.4 is 0 Å². The molecule has 30 heavy (non-hydrogen) atoms. The van der Waals surface area contributed by atoms with Gasteiger partial charge in [-0.25, -0.2) is 0 Å². The maximum atomic E-state index is 12.2. The molecule has 4 saturated carbocycles. The van der Waals surface area contributed by atoms with Crippen LogP contribution in [-0.2, 0) is 0 Å². The molecule has 0 aromatic rings. The number of rotatable bonds is 6. The van der Waals surface area contributed by atoms with Gasteiger partial charge in [0.1, 0.15) is 0 Å². The molecule has 0 N–H and O–H groups in total. The highest BCUT2D eigenvalue weighted by Crippen LogP contribution is 2.71. The second-order valence-corrected chi connectivity index (χ2v) is 13.5. The molecule has 0 aliphatic heterocycles. The van der Waals surface area contributed by atoms with Crippen molar-refractivity contribution in [2.24, 2.45) is 57.4 Å². The zero-order valence-electron chi connectivity index (χ0n) is 20.3. The predicted octanol–water partition coefficient (Wildman–Crippen LogP) is 8.81. The second kappa shape index (κ2) is 8.35. The topological polar surface area (TPSA) is 29.4 Å². The summed E-state index contributed by atoms with van der Waals surface area (Å²) in [7, 11) is 0. The van der Waals surface area contributed by atoms with E-state index >= 15 is 0 Å². The van der Waals surface area contributed by atoms with Crippen molar-refractivity contribution in [3.8, 4) is 0 Å². The van der Waals surface area contributed by atoms with E-state index in [2.05, 4.69) is 39.8 Å². The summed E-state index contributed by atoms with van der Waals surface area (Å²) < 4.78 is 0. The van der Waals surface area contributed by atoms with Crippen molar-refractivity contribution in [2.75, 3.05) is 0 Å². The molecule has 2 nitrogen and oxygen atoms in total. The molecular formula is C27H46ClNO. The summed E-state index contributed by atoms with van der Waals surface area (Å²) in [4.78, 5) is 11.4. The van der Waals surface area contributed by atoms with E-state index in [1.54, 1.807) is 0 Å². The van der Waals surface area contributed by atoms with Crippen LogP contribution in [0.25, 0.3) is 0 Å². The molecule has 0 heterocycles. The van der Waals surface area contributed by atoms with Crippen molar-refractivity contribution in [3.05, 3.63) is 4.91 Å². The predicted molar refractivity (Wildman–Crippen MR) is 127 cm³/mol. The van der Waals surface area contributed by atoms with Gasteiger partial charge in [0, 0.05) is 5.92 Å². The Morgan fingerprint density at radius 3 is 2.37 bits per heavy atom. The Labute approximate surface area is 190 Å². The molecule has 4 aliphatic carbocycles. The summed E-state index contributed by atoms with van der Waals surface area (Å²) in [5.74, 6) is 4.46. The smallest absolute Gasteiger partial charge is 0.149 e. The fourth-order valence-corrected chi connectivity index (χ4v) is 9.84. The largest absolute Gasteiger partial charge is 0.179 e. The summed E-state index contributed by atoms with van der Waals surface area (Å²) >= 11 is 7.21. The molecule has 0 amide bonds. The standard InChI is InChI=1S/C27H46ClNO/c1-18(2)9-8-10-19(3)21-12-13-22-24-23(14-16-26(21,22)5)25(4)15-7-6-11-20(25)17-27(24,28)29-30/h18-24H,6-17H2,1-5H3. The molecule has 0 saturated heterocycles. The Bertz CT molecular complexity index is 636. The normalized spacial score (nSPS) is 49.2. The number of alkyl halides is 1. The van der Waals surface area contributed by atoms with Crippen molar-refractivity contribution in [3.63, 3.8) is 0 Å². The van der Waals surface area contributed by atoms with Crippen molar-refractivity contribution >= 4 is 11.6 Å². The first-order valence-corrected chi connectivity index (χ1v) is 13.6. The number of hydrogen-bond acceptors (Lipinski definition) is 2. The monoisotopic (exact) mass is 435 g/mol. The van der Waals surface area contributed by atoms with Gasteiger partial charge in [0.25, 0.3) is 0 Å². The summed E-state index contributed by atoms with van der Waals surface area (Å²) in [6.45, 7) is 12.3. The third-order valence-corrected chi connectivity index (χ3v) is 11.4. The van der Waals surface area contributed by atoms with Crippen LogP contribution in [0.1, 0.15) is 112 Å². The van der Waals surface area contributed by atoms with Crippen LogP contribution in [-0.4, -0.2) is 5.00 Å². The van der Waals surface area contributed by atoms with Gasteiger partial charge in [-0.1, -0.05) is 78.3 Å². The first-order valence-electron chi connectivity index (χ1n) is 13.2. The fourth-order valence-electron chi connectivity index (χ4n) is 9.35. The Balaban J connectivity index is 1.59. The van der Waals surface area contributed by atoms with Gasteiger partial charge in [0.05, 0.1) is 0 Å². The van der Waals surface area contributed by atoms with E-state index in [1.165, 1.54) is 70.6 Å². The highest BCUT2D eigenvalue weighted by Gasteiger charge is 2.67. The molecule has 0 spiro atoms. The van der Waals surface area contributed by atoms with Gasteiger partial charge in [-0.2, -0.15) is 0 Å². The van der Waals surface area contributed by atoms with Crippen LogP contribution >= 0.6 is 11.6 Å². The first-order chi connectivity index (χ1) is 14.2. The lowest BCUT2D eigenvalue weighted by Crippen LogP contribution is -2.60. The first kappa shape index (κ1) is 23.1. The van der Waals surface area contributed by atoms with E-state index in [0.29, 0.717) is 34.5 Å². The lowest BCUT2D eigenvalue weighted by atomic mass is 9.43. The lowest BCUT2D eigenvalue weighted by molar-refractivity contribution is -0.131. The maximum absolute atomic E-state index is 12.2. The average Bonchev–Trinajstić information content (AvgIpc) is 3.05. The zero-order valence-corrected chi connectivity index (χ0v) is 21.0. The molecule has 9 unspecified atom stereocenters. The van der Waals surface area contributed by atoms with E-state index in [0.717, 1.165) is 24.2 Å². The number of nitrogens with zero attached hydrogens (tertiary/aromatic N) is 1. The van der Waals surface area contributed by atoms with Gasteiger partial charge >= 0.3 is 0 Å². The number of hydrogen-bond donors (Lipinski definition) is 0. The third kappa shape index (κ3) is 3.60. The SMILES string of the molecule is CC(C)CCCC(C)C1CCC2C3C(CCC12C)C1(C)CCCCC1CC3(Cl)N=O. The Morgan fingerprint density at radius 1 is 0.933 bits per heavy atom. The molecule has 0 bridgehead atoms. The van der Waals surface area contributed by atoms with Crippen molar-refractivity contribution in [1.29, 1.82) is 0 Å². The Hall–Kier alpha value is -0.110. The van der Waals surface area contributed by atoms with Crippen LogP contribution in [0, 0.1) is 57.2 Å². The molecule has 0 aromatic carbocycles. The van der Waals surface area contributed by atoms with Crippen molar-refractivity contribution in [2.45, 2.75) is 117 Å². The Morgan fingerprint density at radius 2 is 1.67 bits per heavy atom. The zero-order chi connectivity index (χ0) is 21.7. The van der Waals surface area contributed by atoms with E-state index in [1.807, 2.05) is 0 Å². The minimum absolute atomic E-state index is 0.294. The summed E-state index contributed by atoms with van der Waals surface area (Å²) in [5.41, 5.74) is 0.732. The van der Waals surface area contributed by atoms with E-state index in [4.69, 9.17) is 11.6 Å². The van der Waals surface area contributed by atoms with Crippen molar-refractivity contribution in [1.82, 2.24) is 0 Å². The summed E-state index contributed by atoms with van der Waals surface area (Å²) in [6.07, 6.45) is 15.4. The molecule has 4 fully saturated rings. The number of nitroso groups, excluding NO2 is 1. The summed E-state index contributed by atoms with van der Waals surface area (Å²) in [6, 6.07) is 0. The maximum Gasteiger partial charge on any atom is 0.179 e. The highest BCUT2D eigenvalue weighted by molar-refractivity contribution is 6.24. The van der Waals surface area contributed by atoms with Gasteiger partial charge < -0.3 is 0 Å². The fraction of sp³-hybridized carbons (Fsp3) is 1.00. The third-order valence-electron chi connectivity index (χ3n) is 11.0. The van der Waals surface area contributed by atoms with Crippen LogP contribution in [0.2, 0.25) is 0 Å². The summed E-state index contributed by atoms with van der Waals surface area (Å²) in [5, 5.41) is 3.73. The van der Waals surface area contributed by atoms with E-state index < -0.39 is 5.00 Å². The molecule has 172 valence electrons. The van der Waals surface area contributed by atoms with E-state index in [9.17, 15) is 4.91 Å². The molecule has 4 rings (SSSR count). The Kier molecular flexibility index (Phi) is 6.42. The number of fused-ring (bicyclic) bond motifs is 5. The van der Waals surface area contributed by atoms with Crippen LogP contribution in [0.4, 0.5) is 0 Å². The molecule has 3 heteroatoms. The molecule has 4 aliphatic rings. The second-order valence-electron chi connectivity index (χ2n) is 12.8. The van der Waals surface area contributed by atoms with Crippen LogP contribution in [0.3, 0.4) is 0 Å². The molecule has 9 atom stereocenters. The van der Waals surface area contributed by atoms with Crippen LogP contribution in [0.5, 0.6) is 0 Å². The minimum Gasteiger partial charge on any atom is -0.149 e. The van der Waals surface area contributed by atoms with Gasteiger partial charge in [0.15, 0.2) is 5.00 Å². The minimum atomic E-state index is -0.853. The van der Waals surface area contributed by atoms with E-state index in [-0.39, 0.29) is 0 Å². The lowest BCUT2D eigenvalue weighted by Gasteiger charge is -2.63. The van der Waals surface area contributed by atoms with Crippen LogP contribution in [0.15, 0.2) is 5.18 Å². The highest BCUT2D eigenvalue weighted by atomic mass is 35.5. The van der Waals surface area contributed by atoms with Gasteiger partial charge in [-0.3, -0.25) is 0 Å². The molecular weight excluding hydrogens is 390 g/mol. The van der Waals surface area contributed by atoms with Gasteiger partial charge in [-0.15, -0.1) is 4.91 Å². The average molecular weight is 436 g/mol. The van der Waals surface area contributed by atoms with Gasteiger partial charge in [-0.05, 0) is 96.5 Å².